The van der Waals surface area contributed by atoms with E-state index in [1.807, 2.05) is 12.2 Å². The molecule has 0 amide bonds. The lowest BCUT2D eigenvalue weighted by molar-refractivity contribution is -0.133. The Morgan fingerprint density at radius 1 is 0.333 bits per heavy atom. The quantitative estimate of drug-likeness (QED) is 0.0511. The van der Waals surface area contributed by atoms with E-state index >= 15 is 0 Å². The lowest BCUT2D eigenvalue weighted by atomic mass is 10.0. The standard InChI is InChI=1S/2C22H42O2/c2*1-3-4-5-6-7-8-9-10-11-12-13-14-15-16-17-18-19-20-21(2)22(23)24/h2*20H,3-19H2,1-2H3,(H,23,24). The van der Waals surface area contributed by atoms with E-state index in [4.69, 9.17) is 10.2 Å². The van der Waals surface area contributed by atoms with E-state index in [2.05, 4.69) is 13.8 Å². The number of hydrogen-bond acceptors (Lipinski definition) is 2. The van der Waals surface area contributed by atoms with Crippen LogP contribution in [0.15, 0.2) is 23.3 Å². The van der Waals surface area contributed by atoms with Crippen molar-refractivity contribution < 1.29 is 19.8 Å². The van der Waals surface area contributed by atoms with Gasteiger partial charge in [-0.25, -0.2) is 9.59 Å². The van der Waals surface area contributed by atoms with Crippen LogP contribution in [0, 0.1) is 0 Å². The van der Waals surface area contributed by atoms with Crippen molar-refractivity contribution in [3.05, 3.63) is 23.3 Å². The van der Waals surface area contributed by atoms with Gasteiger partial charge in [-0.3, -0.25) is 0 Å². The first-order valence-corrected chi connectivity index (χ1v) is 21.2. The van der Waals surface area contributed by atoms with Crippen molar-refractivity contribution in [2.75, 3.05) is 0 Å². The zero-order valence-electron chi connectivity index (χ0n) is 32.9. The zero-order chi connectivity index (χ0) is 35.8. The summed E-state index contributed by atoms with van der Waals surface area (Å²) in [6, 6.07) is 0. The van der Waals surface area contributed by atoms with Gasteiger partial charge >= 0.3 is 11.9 Å². The van der Waals surface area contributed by atoms with Crippen LogP contribution in [-0.4, -0.2) is 22.2 Å². The molecule has 4 nitrogen and oxygen atoms in total. The molecule has 0 spiro atoms. The molecule has 0 aliphatic heterocycles. The largest absolute Gasteiger partial charge is 0.478 e. The molecule has 0 heterocycles. The molecule has 0 aliphatic rings. The third-order valence-electron chi connectivity index (χ3n) is 9.69. The van der Waals surface area contributed by atoms with E-state index in [1.165, 1.54) is 193 Å². The number of allylic oxidation sites excluding steroid dienone is 2. The highest BCUT2D eigenvalue weighted by Crippen LogP contribution is 2.16. The van der Waals surface area contributed by atoms with E-state index in [-0.39, 0.29) is 0 Å². The molecule has 0 rings (SSSR count). The molecule has 0 aromatic heterocycles. The van der Waals surface area contributed by atoms with Crippen LogP contribution in [0.2, 0.25) is 0 Å². The molecule has 0 unspecified atom stereocenters. The predicted octanol–water partition coefficient (Wildman–Crippen LogP) is 15.3. The minimum absolute atomic E-state index is 0.482. The highest BCUT2D eigenvalue weighted by Gasteiger charge is 2.00. The number of rotatable bonds is 36. The van der Waals surface area contributed by atoms with E-state index < -0.39 is 11.9 Å². The van der Waals surface area contributed by atoms with Crippen LogP contribution in [0.25, 0.3) is 0 Å². The Morgan fingerprint density at radius 2 is 0.500 bits per heavy atom. The van der Waals surface area contributed by atoms with Crippen molar-refractivity contribution >= 4 is 11.9 Å². The summed E-state index contributed by atoms with van der Waals surface area (Å²) in [7, 11) is 0. The Kier molecular flexibility index (Phi) is 42.1. The first kappa shape index (κ1) is 48.5. The summed E-state index contributed by atoms with van der Waals surface area (Å²) in [4.78, 5) is 21.3. The second-order valence-corrected chi connectivity index (χ2v) is 14.6. The minimum atomic E-state index is -0.786. The lowest BCUT2D eigenvalue weighted by Crippen LogP contribution is -1.95. The molecule has 0 radical (unpaired) electrons. The minimum Gasteiger partial charge on any atom is -0.478 e. The number of carboxylic acids is 2. The number of aliphatic carboxylic acids is 2. The van der Waals surface area contributed by atoms with Crippen molar-refractivity contribution in [2.24, 2.45) is 0 Å². The van der Waals surface area contributed by atoms with Gasteiger partial charge in [-0.2, -0.15) is 0 Å². The van der Waals surface area contributed by atoms with Gasteiger partial charge in [0.2, 0.25) is 0 Å². The maximum absolute atomic E-state index is 10.6. The van der Waals surface area contributed by atoms with E-state index in [0.29, 0.717) is 11.1 Å². The fourth-order valence-electron chi connectivity index (χ4n) is 6.20. The van der Waals surface area contributed by atoms with Crippen LogP contribution < -0.4 is 0 Å². The molecule has 2 N–H and O–H groups in total. The predicted molar refractivity (Wildman–Crippen MR) is 211 cm³/mol. The monoisotopic (exact) mass is 677 g/mol. The Hall–Kier alpha value is -1.58. The van der Waals surface area contributed by atoms with Crippen LogP contribution in [0.5, 0.6) is 0 Å². The number of hydrogen-bond donors (Lipinski definition) is 2. The molecular weight excluding hydrogens is 592 g/mol. The third kappa shape index (κ3) is 42.4. The summed E-state index contributed by atoms with van der Waals surface area (Å²) in [6.07, 6.45) is 49.6. The molecule has 0 aromatic carbocycles. The lowest BCUT2D eigenvalue weighted by Gasteiger charge is -2.03. The van der Waals surface area contributed by atoms with Gasteiger partial charge < -0.3 is 10.2 Å². The SMILES string of the molecule is CCCCCCCCCCCCCCCCCCC=C(C)C(=O)O.CCCCCCCCCCCCCCCCCCC=C(C)C(=O)O. The van der Waals surface area contributed by atoms with Gasteiger partial charge in [0.05, 0.1) is 0 Å². The summed E-state index contributed by atoms with van der Waals surface area (Å²) in [6.45, 7) is 7.91. The molecule has 48 heavy (non-hydrogen) atoms. The van der Waals surface area contributed by atoms with E-state index in [1.54, 1.807) is 13.8 Å². The normalized spacial score (nSPS) is 11.8. The molecule has 0 aliphatic carbocycles. The molecule has 4 heteroatoms. The van der Waals surface area contributed by atoms with Crippen LogP contribution in [0.1, 0.15) is 246 Å². The van der Waals surface area contributed by atoms with Gasteiger partial charge in [0, 0.05) is 11.1 Å². The Bertz CT molecular complexity index is 676. The molecular formula is C44H84O4. The van der Waals surface area contributed by atoms with Crippen LogP contribution >= 0.6 is 0 Å². The number of carboxylic acid groups (broad SMARTS) is 2. The molecule has 0 saturated heterocycles. The van der Waals surface area contributed by atoms with Crippen molar-refractivity contribution in [3.63, 3.8) is 0 Å². The molecule has 0 saturated carbocycles. The highest BCUT2D eigenvalue weighted by molar-refractivity contribution is 5.86. The maximum Gasteiger partial charge on any atom is 0.330 e. The van der Waals surface area contributed by atoms with Crippen LogP contribution in [0.4, 0.5) is 0 Å². The van der Waals surface area contributed by atoms with Gasteiger partial charge in [-0.05, 0) is 39.5 Å². The summed E-state index contributed by atoms with van der Waals surface area (Å²) >= 11 is 0. The summed E-state index contributed by atoms with van der Waals surface area (Å²) in [5, 5.41) is 17.5. The second-order valence-electron chi connectivity index (χ2n) is 14.6. The van der Waals surface area contributed by atoms with Crippen molar-refractivity contribution in [2.45, 2.75) is 246 Å². The fraction of sp³-hybridized carbons (Fsp3) is 0.864. The summed E-state index contributed by atoms with van der Waals surface area (Å²) in [5.41, 5.74) is 0.965. The third-order valence-corrected chi connectivity index (χ3v) is 9.69. The average molecular weight is 677 g/mol. The molecule has 0 fully saturated rings. The van der Waals surface area contributed by atoms with E-state index in [0.717, 1.165) is 25.7 Å². The van der Waals surface area contributed by atoms with Gasteiger partial charge in [0.25, 0.3) is 0 Å². The van der Waals surface area contributed by atoms with Gasteiger partial charge in [-0.15, -0.1) is 0 Å². The van der Waals surface area contributed by atoms with Gasteiger partial charge in [-0.1, -0.05) is 219 Å². The second kappa shape index (κ2) is 41.6. The average Bonchev–Trinajstić information content (AvgIpc) is 3.07. The van der Waals surface area contributed by atoms with Crippen LogP contribution in [-0.2, 0) is 9.59 Å². The topological polar surface area (TPSA) is 74.6 Å². The highest BCUT2D eigenvalue weighted by atomic mass is 16.4. The van der Waals surface area contributed by atoms with Crippen molar-refractivity contribution in [3.8, 4) is 0 Å². The van der Waals surface area contributed by atoms with Crippen LogP contribution in [0.3, 0.4) is 0 Å². The zero-order valence-corrected chi connectivity index (χ0v) is 32.9. The Morgan fingerprint density at radius 3 is 0.667 bits per heavy atom. The molecule has 0 atom stereocenters. The van der Waals surface area contributed by atoms with Gasteiger partial charge in [0.1, 0.15) is 0 Å². The van der Waals surface area contributed by atoms with Gasteiger partial charge in [0.15, 0.2) is 0 Å². The molecule has 284 valence electrons. The van der Waals surface area contributed by atoms with Crippen molar-refractivity contribution in [1.82, 2.24) is 0 Å². The Balaban J connectivity index is 0. The maximum atomic E-state index is 10.6. The summed E-state index contributed by atoms with van der Waals surface area (Å²) < 4.78 is 0. The van der Waals surface area contributed by atoms with Crippen molar-refractivity contribution in [1.29, 1.82) is 0 Å². The Labute approximate surface area is 300 Å². The van der Waals surface area contributed by atoms with E-state index in [9.17, 15) is 9.59 Å². The molecule has 0 bridgehead atoms. The molecule has 0 aromatic rings. The first-order valence-electron chi connectivity index (χ1n) is 21.2. The smallest absolute Gasteiger partial charge is 0.330 e. The first-order chi connectivity index (χ1) is 23.4. The fourth-order valence-corrected chi connectivity index (χ4v) is 6.20. The number of carbonyl (C=O) groups is 2. The number of unbranched alkanes of at least 4 members (excludes halogenated alkanes) is 32. The summed E-state index contributed by atoms with van der Waals surface area (Å²) in [5.74, 6) is -1.57.